The molecule has 232 valence electrons. The standard InChI is InChI=1S/C29H45NO11/c1-6-8-10-14-36-26(33)40-23-13-12-22(16-24(23)41-27(34)37-15-11-9-7-2)18-29(30,25(31)32)17-21(5)39-28(35)38-19-20(3)4/h12-13,16,20-21H,6-11,14-15,17-19,30H2,1-5H3,(H,31,32)/t21-,29?/m0/s1. The number of benzene rings is 1. The zero-order valence-corrected chi connectivity index (χ0v) is 24.8. The lowest BCUT2D eigenvalue weighted by atomic mass is 9.86. The van der Waals surface area contributed by atoms with Crippen molar-refractivity contribution in [1.82, 2.24) is 0 Å². The van der Waals surface area contributed by atoms with Crippen molar-refractivity contribution < 1.29 is 52.7 Å². The van der Waals surface area contributed by atoms with E-state index in [1.807, 2.05) is 27.7 Å². The third-order valence-corrected chi connectivity index (χ3v) is 5.76. The fraction of sp³-hybridized carbons (Fsp3) is 0.655. The summed E-state index contributed by atoms with van der Waals surface area (Å²) in [6, 6.07) is 4.15. The minimum absolute atomic E-state index is 0.102. The highest BCUT2D eigenvalue weighted by molar-refractivity contribution is 5.79. The molecule has 12 nitrogen and oxygen atoms in total. The van der Waals surface area contributed by atoms with Gasteiger partial charge in [-0.25, -0.2) is 14.4 Å². The van der Waals surface area contributed by atoms with Crippen molar-refractivity contribution in [2.24, 2.45) is 11.7 Å². The maximum Gasteiger partial charge on any atom is 0.513 e. The predicted octanol–water partition coefficient (Wildman–Crippen LogP) is 6.01. The second-order valence-corrected chi connectivity index (χ2v) is 10.3. The highest BCUT2D eigenvalue weighted by atomic mass is 16.7. The van der Waals surface area contributed by atoms with Gasteiger partial charge in [0.15, 0.2) is 11.5 Å². The third-order valence-electron chi connectivity index (χ3n) is 5.76. The number of ether oxygens (including phenoxy) is 6. The van der Waals surface area contributed by atoms with Gasteiger partial charge in [0.1, 0.15) is 11.6 Å². The minimum Gasteiger partial charge on any atom is -0.480 e. The van der Waals surface area contributed by atoms with Gasteiger partial charge in [-0.15, -0.1) is 0 Å². The summed E-state index contributed by atoms with van der Waals surface area (Å²) < 4.78 is 30.8. The maximum atomic E-state index is 12.3. The largest absolute Gasteiger partial charge is 0.513 e. The molecule has 0 bridgehead atoms. The summed E-state index contributed by atoms with van der Waals surface area (Å²) in [6.45, 7) is 9.72. The Balaban J connectivity index is 3.07. The molecule has 0 fully saturated rings. The van der Waals surface area contributed by atoms with Gasteiger partial charge in [-0.2, -0.15) is 0 Å². The first kappa shape index (κ1) is 35.5. The van der Waals surface area contributed by atoms with Crippen LogP contribution in [0.1, 0.15) is 85.1 Å². The normalized spacial score (nSPS) is 13.0. The summed E-state index contributed by atoms with van der Waals surface area (Å²) in [5.41, 5.74) is 4.73. The fourth-order valence-corrected chi connectivity index (χ4v) is 3.67. The molecular formula is C29H45NO11. The lowest BCUT2D eigenvalue weighted by Crippen LogP contribution is -2.52. The van der Waals surface area contributed by atoms with Gasteiger partial charge >= 0.3 is 24.4 Å². The number of hydrogen-bond donors (Lipinski definition) is 2. The lowest BCUT2D eigenvalue weighted by Gasteiger charge is -2.28. The van der Waals surface area contributed by atoms with E-state index in [9.17, 15) is 24.3 Å². The molecule has 0 aromatic heterocycles. The van der Waals surface area contributed by atoms with Crippen LogP contribution in [-0.2, 0) is 30.2 Å². The lowest BCUT2D eigenvalue weighted by molar-refractivity contribution is -0.144. The second kappa shape index (κ2) is 18.7. The minimum atomic E-state index is -1.86. The molecule has 0 aliphatic rings. The molecule has 0 aliphatic carbocycles. The number of rotatable bonds is 18. The molecule has 1 aromatic carbocycles. The monoisotopic (exact) mass is 583 g/mol. The summed E-state index contributed by atoms with van der Waals surface area (Å²) in [5, 5.41) is 9.91. The highest BCUT2D eigenvalue weighted by Crippen LogP contribution is 2.31. The predicted molar refractivity (Wildman–Crippen MR) is 149 cm³/mol. The van der Waals surface area contributed by atoms with Gasteiger partial charge in [0, 0.05) is 12.8 Å². The number of carboxylic acids is 1. The zero-order valence-electron chi connectivity index (χ0n) is 24.8. The molecule has 0 radical (unpaired) electrons. The molecule has 0 heterocycles. The van der Waals surface area contributed by atoms with Crippen LogP contribution >= 0.6 is 0 Å². The van der Waals surface area contributed by atoms with E-state index < -0.39 is 36.1 Å². The van der Waals surface area contributed by atoms with E-state index >= 15 is 0 Å². The molecule has 12 heteroatoms. The van der Waals surface area contributed by atoms with Gasteiger partial charge < -0.3 is 39.3 Å². The Morgan fingerprint density at radius 3 is 1.90 bits per heavy atom. The Kier molecular flexibility index (Phi) is 16.2. The summed E-state index contributed by atoms with van der Waals surface area (Å²) >= 11 is 0. The van der Waals surface area contributed by atoms with Crippen LogP contribution < -0.4 is 15.2 Å². The van der Waals surface area contributed by atoms with E-state index in [0.717, 1.165) is 25.7 Å². The van der Waals surface area contributed by atoms with Gasteiger partial charge in [0.05, 0.1) is 19.8 Å². The molecule has 0 aliphatic heterocycles. The highest BCUT2D eigenvalue weighted by Gasteiger charge is 2.37. The first-order chi connectivity index (χ1) is 19.4. The molecule has 2 atom stereocenters. The number of carboxylic acid groups (broad SMARTS) is 1. The zero-order chi connectivity index (χ0) is 30.8. The van der Waals surface area contributed by atoms with Crippen LogP contribution in [0.15, 0.2) is 18.2 Å². The number of nitrogens with two attached hydrogens (primary N) is 1. The van der Waals surface area contributed by atoms with Crippen LogP contribution in [0, 0.1) is 5.92 Å². The molecule has 3 N–H and O–H groups in total. The van der Waals surface area contributed by atoms with E-state index in [4.69, 9.17) is 34.2 Å². The molecule has 0 spiro atoms. The SMILES string of the molecule is CCCCCOC(=O)Oc1ccc(CC(N)(C[C@H](C)OC(=O)OCC(C)C)C(=O)O)cc1OC(=O)OCCCCC. The van der Waals surface area contributed by atoms with Crippen molar-refractivity contribution in [3.05, 3.63) is 23.8 Å². The smallest absolute Gasteiger partial charge is 0.480 e. The molecule has 1 rings (SSSR count). The molecule has 1 aromatic rings. The fourth-order valence-electron chi connectivity index (χ4n) is 3.67. The van der Waals surface area contributed by atoms with Crippen LogP contribution in [-0.4, -0.2) is 61.0 Å². The summed E-state index contributed by atoms with van der Waals surface area (Å²) in [6.07, 6.45) is 0.683. The van der Waals surface area contributed by atoms with Crippen molar-refractivity contribution in [1.29, 1.82) is 0 Å². The first-order valence-corrected chi connectivity index (χ1v) is 14.1. The van der Waals surface area contributed by atoms with Crippen LogP contribution in [0.4, 0.5) is 14.4 Å². The summed E-state index contributed by atoms with van der Waals surface area (Å²) in [7, 11) is 0. The Labute approximate surface area is 241 Å². The van der Waals surface area contributed by atoms with Crippen molar-refractivity contribution in [2.45, 2.75) is 97.6 Å². The average molecular weight is 584 g/mol. The number of unbranched alkanes of at least 4 members (excludes halogenated alkanes) is 4. The molecule has 0 saturated carbocycles. The van der Waals surface area contributed by atoms with Crippen molar-refractivity contribution in [3.63, 3.8) is 0 Å². The first-order valence-electron chi connectivity index (χ1n) is 14.1. The van der Waals surface area contributed by atoms with Gasteiger partial charge in [0.25, 0.3) is 0 Å². The van der Waals surface area contributed by atoms with E-state index in [1.54, 1.807) is 0 Å². The second-order valence-electron chi connectivity index (χ2n) is 10.3. The van der Waals surface area contributed by atoms with E-state index in [1.165, 1.54) is 25.1 Å². The average Bonchev–Trinajstić information content (AvgIpc) is 2.89. The summed E-state index contributed by atoms with van der Waals surface area (Å²) in [5.74, 6) is -1.53. The Morgan fingerprint density at radius 1 is 0.829 bits per heavy atom. The van der Waals surface area contributed by atoms with Crippen LogP contribution in [0.3, 0.4) is 0 Å². The number of carbonyl (C=O) groups excluding carboxylic acids is 3. The number of hydrogen-bond acceptors (Lipinski definition) is 11. The quantitative estimate of drug-likeness (QED) is 0.0894. The van der Waals surface area contributed by atoms with Crippen LogP contribution in [0.2, 0.25) is 0 Å². The van der Waals surface area contributed by atoms with Crippen molar-refractivity contribution in [3.8, 4) is 11.5 Å². The Bertz CT molecular complexity index is 982. The third kappa shape index (κ3) is 14.6. The van der Waals surface area contributed by atoms with Gasteiger partial charge in [0.2, 0.25) is 0 Å². The van der Waals surface area contributed by atoms with Gasteiger partial charge in [-0.3, -0.25) is 4.79 Å². The Morgan fingerprint density at radius 2 is 1.39 bits per heavy atom. The van der Waals surface area contributed by atoms with E-state index in [2.05, 4.69) is 0 Å². The molecule has 0 amide bonds. The topological polar surface area (TPSA) is 170 Å². The Hall–Kier alpha value is -3.54. The molecular weight excluding hydrogens is 538 g/mol. The maximum absolute atomic E-state index is 12.3. The summed E-state index contributed by atoms with van der Waals surface area (Å²) in [4.78, 5) is 48.6. The van der Waals surface area contributed by atoms with Crippen molar-refractivity contribution in [2.75, 3.05) is 19.8 Å². The molecule has 0 saturated heterocycles. The van der Waals surface area contributed by atoms with E-state index in [0.29, 0.717) is 18.4 Å². The molecule has 41 heavy (non-hydrogen) atoms. The van der Waals surface area contributed by atoms with Crippen LogP contribution in [0.5, 0.6) is 11.5 Å². The van der Waals surface area contributed by atoms with Crippen LogP contribution in [0.25, 0.3) is 0 Å². The van der Waals surface area contributed by atoms with E-state index in [-0.39, 0.29) is 50.1 Å². The van der Waals surface area contributed by atoms with Gasteiger partial charge in [-0.05, 0) is 43.4 Å². The van der Waals surface area contributed by atoms with Crippen molar-refractivity contribution >= 4 is 24.4 Å². The molecule has 1 unspecified atom stereocenters. The number of carbonyl (C=O) groups is 4. The van der Waals surface area contributed by atoms with Gasteiger partial charge in [-0.1, -0.05) is 59.4 Å². The number of aliphatic carboxylic acids is 1.